The zero-order chi connectivity index (χ0) is 9.90. The van der Waals surface area contributed by atoms with Gasteiger partial charge in [0.2, 0.25) is 0 Å². The normalized spacial score (nSPS) is 29.7. The van der Waals surface area contributed by atoms with Crippen molar-refractivity contribution in [2.45, 2.75) is 19.3 Å². The molecule has 0 aromatic rings. The molecule has 0 fully saturated rings. The summed E-state index contributed by atoms with van der Waals surface area (Å²) in [7, 11) is 0. The van der Waals surface area contributed by atoms with Gasteiger partial charge in [0, 0.05) is 0 Å². The topological polar surface area (TPSA) is 0 Å². The molecule has 0 aromatic heterocycles. The van der Waals surface area contributed by atoms with Crippen LogP contribution in [-0.2, 0) is 0 Å². The van der Waals surface area contributed by atoms with Gasteiger partial charge in [0.25, 0.3) is 0 Å². The first kappa shape index (κ1) is 10.8. The molecule has 0 amide bonds. The summed E-state index contributed by atoms with van der Waals surface area (Å²) in [5.74, 6) is 0. The third-order valence-electron chi connectivity index (χ3n) is 1.87. The molecule has 0 saturated heterocycles. The largest absolute Gasteiger partial charge is 0.0842 e. The summed E-state index contributed by atoms with van der Waals surface area (Å²) < 4.78 is 0. The monoisotopic (exact) mass is 185 g/mol. The minimum atomic E-state index is 0.998. The van der Waals surface area contributed by atoms with Crippen LogP contribution in [0.1, 0.15) is 19.3 Å². The van der Waals surface area contributed by atoms with Crippen LogP contribution in [0.3, 0.4) is 0 Å². The van der Waals surface area contributed by atoms with E-state index in [4.69, 9.17) is 0 Å². The summed E-state index contributed by atoms with van der Waals surface area (Å²) >= 11 is 0. The lowest BCUT2D eigenvalue weighted by molar-refractivity contribution is 1.05. The van der Waals surface area contributed by atoms with Crippen molar-refractivity contribution >= 4 is 0 Å². The fourth-order valence-electron chi connectivity index (χ4n) is 1.13. The third-order valence-corrected chi connectivity index (χ3v) is 1.87. The van der Waals surface area contributed by atoms with Crippen molar-refractivity contribution in [3.05, 3.63) is 67.2 Å². The van der Waals surface area contributed by atoms with E-state index in [1.54, 1.807) is 0 Å². The lowest BCUT2D eigenvalue weighted by Gasteiger charge is -1.87. The Morgan fingerprint density at radius 3 is 1.79 bits per heavy atom. The Balaban J connectivity index is 2.45. The molecule has 0 saturated carbocycles. The molecule has 1 aliphatic carbocycles. The minimum Gasteiger partial charge on any atom is -0.0842 e. The predicted octanol–water partition coefficient (Wildman–Crippen LogP) is 4.16. The highest BCUT2D eigenvalue weighted by atomic mass is 13.8. The van der Waals surface area contributed by atoms with Crippen LogP contribution in [0.5, 0.6) is 0 Å². The molecule has 0 aliphatic heterocycles. The number of allylic oxidation sites excluding steroid dienone is 10. The first-order valence-corrected chi connectivity index (χ1v) is 5.13. The van der Waals surface area contributed by atoms with Gasteiger partial charge in [0.05, 0.1) is 0 Å². The van der Waals surface area contributed by atoms with Crippen molar-refractivity contribution in [3.8, 4) is 0 Å². The highest BCUT2D eigenvalue weighted by molar-refractivity contribution is 5.14. The highest BCUT2D eigenvalue weighted by Crippen LogP contribution is 1.97. The molecule has 1 rings (SSSR count). The number of hydrogen-bond acceptors (Lipinski definition) is 0. The average molecular weight is 185 g/mol. The zero-order valence-electron chi connectivity index (χ0n) is 8.47. The van der Waals surface area contributed by atoms with Gasteiger partial charge in [-0.3, -0.25) is 0 Å². The second-order valence-corrected chi connectivity index (χ2v) is 3.10. The third kappa shape index (κ3) is 6.24. The van der Waals surface area contributed by atoms with E-state index in [9.17, 15) is 0 Å². The maximum atomic E-state index is 2.19. The van der Waals surface area contributed by atoms with E-state index in [0.29, 0.717) is 0 Å². The molecule has 0 spiro atoms. The van der Waals surface area contributed by atoms with Crippen molar-refractivity contribution in [2.75, 3.05) is 0 Å². The Morgan fingerprint density at radius 2 is 1.07 bits per heavy atom. The Hall–Kier alpha value is -1.30. The molecular weight excluding hydrogens is 168 g/mol. The van der Waals surface area contributed by atoms with Crippen LogP contribution in [-0.4, -0.2) is 0 Å². The molecule has 14 heavy (non-hydrogen) atoms. The first-order chi connectivity index (χ1) is 7.00. The smallest absolute Gasteiger partial charge is 0.0130 e. The Kier molecular flexibility index (Phi) is 6.39. The van der Waals surface area contributed by atoms with Crippen molar-refractivity contribution in [2.24, 2.45) is 0 Å². The van der Waals surface area contributed by atoms with Crippen molar-refractivity contribution < 1.29 is 0 Å². The van der Waals surface area contributed by atoms with E-state index >= 15 is 0 Å². The van der Waals surface area contributed by atoms with E-state index in [0.717, 1.165) is 19.3 Å². The van der Waals surface area contributed by atoms with Gasteiger partial charge >= 0.3 is 0 Å². The van der Waals surface area contributed by atoms with Crippen LogP contribution in [0, 0.1) is 6.42 Å². The molecule has 1 aliphatic rings. The van der Waals surface area contributed by atoms with E-state index < -0.39 is 0 Å². The minimum absolute atomic E-state index is 0.998. The first-order valence-electron chi connectivity index (χ1n) is 5.13. The highest BCUT2D eigenvalue weighted by Gasteiger charge is 1.77. The van der Waals surface area contributed by atoms with E-state index in [-0.39, 0.29) is 0 Å². The molecule has 1 radical (unpaired) electrons. The van der Waals surface area contributed by atoms with Gasteiger partial charge in [-0.15, -0.1) is 0 Å². The predicted molar refractivity (Wildman–Crippen MR) is 63.9 cm³/mol. The van der Waals surface area contributed by atoms with Gasteiger partial charge < -0.3 is 0 Å². The summed E-state index contributed by atoms with van der Waals surface area (Å²) in [6.07, 6.45) is 26.5. The van der Waals surface area contributed by atoms with Gasteiger partial charge in [-0.05, 0) is 25.7 Å². The summed E-state index contributed by atoms with van der Waals surface area (Å²) in [4.78, 5) is 0. The van der Waals surface area contributed by atoms with Gasteiger partial charge in [-0.1, -0.05) is 60.8 Å². The second kappa shape index (κ2) is 8.31. The van der Waals surface area contributed by atoms with Crippen LogP contribution in [0.2, 0.25) is 0 Å². The summed E-state index contributed by atoms with van der Waals surface area (Å²) in [6.45, 7) is 0. The van der Waals surface area contributed by atoms with Gasteiger partial charge in [0.15, 0.2) is 0 Å². The van der Waals surface area contributed by atoms with Gasteiger partial charge in [-0.2, -0.15) is 0 Å². The summed E-state index contributed by atoms with van der Waals surface area (Å²) in [6, 6.07) is 0. The second-order valence-electron chi connectivity index (χ2n) is 3.10. The quantitative estimate of drug-likeness (QED) is 0.531. The Morgan fingerprint density at radius 1 is 0.500 bits per heavy atom. The Labute approximate surface area is 87.0 Å². The van der Waals surface area contributed by atoms with Crippen LogP contribution in [0.4, 0.5) is 0 Å². The molecule has 0 aromatic carbocycles. The molecule has 0 heterocycles. The summed E-state index contributed by atoms with van der Waals surface area (Å²) in [5.41, 5.74) is 0. The van der Waals surface area contributed by atoms with Crippen LogP contribution in [0.25, 0.3) is 0 Å². The molecule has 0 N–H and O–H groups in total. The SMILES string of the molecule is [CH]1/C=C/C=C/CC/C=C/C=C\C=C\C1. The molecule has 0 nitrogen and oxygen atoms in total. The Bertz CT molecular complexity index is 234. The molecule has 73 valence electrons. The van der Waals surface area contributed by atoms with Crippen molar-refractivity contribution in [1.82, 2.24) is 0 Å². The standard InChI is InChI=1S/C14H17/c1-2-4-6-8-10-12-14-13-11-9-7-5-3-1/h1-6,9,11-14H,7-8,10H2/b2-1-,5-3+,6-4+,13-11+,14-12+. The molecule has 0 heteroatoms. The van der Waals surface area contributed by atoms with E-state index in [1.165, 1.54) is 0 Å². The fourth-order valence-corrected chi connectivity index (χ4v) is 1.13. The van der Waals surface area contributed by atoms with Gasteiger partial charge in [-0.25, -0.2) is 0 Å². The zero-order valence-corrected chi connectivity index (χ0v) is 8.47. The van der Waals surface area contributed by atoms with Crippen molar-refractivity contribution in [3.63, 3.8) is 0 Å². The number of hydrogen-bond donors (Lipinski definition) is 0. The maximum absolute atomic E-state index is 2.19. The lowest BCUT2D eigenvalue weighted by Crippen LogP contribution is -1.67. The van der Waals surface area contributed by atoms with Crippen LogP contribution < -0.4 is 0 Å². The lowest BCUT2D eigenvalue weighted by atomic mass is 10.2. The molecule has 0 unspecified atom stereocenters. The van der Waals surface area contributed by atoms with Crippen LogP contribution >= 0.6 is 0 Å². The van der Waals surface area contributed by atoms with E-state index in [2.05, 4.69) is 67.2 Å². The van der Waals surface area contributed by atoms with E-state index in [1.807, 2.05) is 0 Å². The van der Waals surface area contributed by atoms with Crippen LogP contribution in [0.15, 0.2) is 60.8 Å². The molecular formula is C14H17. The average Bonchev–Trinajstić information content (AvgIpc) is 2.22. The molecule has 0 bridgehead atoms. The number of rotatable bonds is 0. The summed E-state index contributed by atoms with van der Waals surface area (Å²) in [5, 5.41) is 0. The maximum Gasteiger partial charge on any atom is -0.0130 e. The van der Waals surface area contributed by atoms with Crippen molar-refractivity contribution in [1.29, 1.82) is 0 Å². The molecule has 0 atom stereocenters. The van der Waals surface area contributed by atoms with Gasteiger partial charge in [0.1, 0.15) is 0 Å². The fraction of sp³-hybridized carbons (Fsp3) is 0.214.